The fourth-order valence-electron chi connectivity index (χ4n) is 13.7. The van der Waals surface area contributed by atoms with E-state index in [1.54, 1.807) is 0 Å². The minimum atomic E-state index is 0.852. The van der Waals surface area contributed by atoms with E-state index in [1.807, 2.05) is 0 Å². The van der Waals surface area contributed by atoms with E-state index in [2.05, 4.69) is 374 Å². The first-order valence-corrected chi connectivity index (χ1v) is 32.8. The number of aromatic nitrogens is 4. The van der Waals surface area contributed by atoms with Crippen molar-refractivity contribution in [2.24, 2.45) is 0 Å². The molecule has 15 aromatic rings. The van der Waals surface area contributed by atoms with E-state index in [0.717, 1.165) is 134 Å². The first kappa shape index (κ1) is 57.2. The van der Waals surface area contributed by atoms with Crippen LogP contribution in [0.15, 0.2) is 340 Å². The maximum absolute atomic E-state index is 5.71. The van der Waals surface area contributed by atoms with E-state index in [4.69, 9.17) is 9.97 Å². The van der Waals surface area contributed by atoms with Crippen LogP contribution in [-0.2, 0) is 0 Å². The highest BCUT2D eigenvalue weighted by Crippen LogP contribution is 2.41. The van der Waals surface area contributed by atoms with Gasteiger partial charge in [0.05, 0.1) is 22.8 Å². The number of rotatable bonds is 12. The van der Waals surface area contributed by atoms with Crippen LogP contribution in [0.2, 0.25) is 0 Å². The Kier molecular flexibility index (Phi) is 14.9. The SMILES string of the molecule is C1=Cc2nc1c(-c1ccc(-c3ccc(-c4ccccc4)cc3)cc1)c1ccc([nH]1)c(-c1ccc(-c3ccc(-c4ccccc4)cc3)cc1)c1nc(c(-c3ccc(-c4ccc(-c5ccccc5)cc4)cc3)c3ccc([nH]3)c2-c2ccc(-c3ccc(-c4ccccc4)cc3)cc2)C=C1. The molecule has 0 saturated heterocycles. The van der Waals surface area contributed by atoms with Crippen LogP contribution in [0.5, 0.6) is 0 Å². The molecular formula is C92H62N4. The molecule has 2 N–H and O–H groups in total. The van der Waals surface area contributed by atoms with E-state index in [1.165, 1.54) is 44.5 Å². The summed E-state index contributed by atoms with van der Waals surface area (Å²) >= 11 is 0. The Morgan fingerprint density at radius 2 is 0.271 bits per heavy atom. The molecule has 2 aliphatic rings. The van der Waals surface area contributed by atoms with E-state index in [9.17, 15) is 0 Å². The van der Waals surface area contributed by atoms with E-state index in [-0.39, 0.29) is 0 Å². The summed E-state index contributed by atoms with van der Waals surface area (Å²) in [5.74, 6) is 0. The van der Waals surface area contributed by atoms with Gasteiger partial charge in [-0.05, 0) is 160 Å². The number of benzene rings is 12. The van der Waals surface area contributed by atoms with Crippen molar-refractivity contribution >= 4 is 46.4 Å². The Bertz CT molecular complexity index is 4860. The van der Waals surface area contributed by atoms with Gasteiger partial charge in [-0.15, -0.1) is 0 Å². The lowest BCUT2D eigenvalue weighted by Crippen LogP contribution is -1.90. The van der Waals surface area contributed by atoms with Gasteiger partial charge in [-0.3, -0.25) is 0 Å². The standard InChI is InChI=1S/C92H62N4/c1-5-13-61(14-6-1)65-21-29-69(30-22-65)73-37-45-77(46-38-73)89-81-53-55-83(93-81)90(78-47-39-74(40-48-78)70-31-23-66(24-32-70)62-15-7-2-8-16-62)85-57-59-87(95-85)92(80-51-43-76(44-52-80)72-35-27-68(28-36-72)64-19-11-4-12-20-64)88-60-58-86(96-88)91(84-56-54-82(89)94-84)79-49-41-75(42-50-79)71-33-25-67(26-34-71)63-17-9-3-10-18-63/h1-60,93,96H. The molecular weight excluding hydrogens is 1160 g/mol. The molecule has 4 nitrogen and oxygen atoms in total. The topological polar surface area (TPSA) is 57.4 Å². The first-order chi connectivity index (χ1) is 47.5. The van der Waals surface area contributed by atoms with Gasteiger partial charge in [-0.2, -0.15) is 0 Å². The summed E-state index contributed by atoms with van der Waals surface area (Å²) in [6.07, 6.45) is 8.72. The highest BCUT2D eigenvalue weighted by Gasteiger charge is 2.21. The predicted octanol–water partition coefficient (Wildman–Crippen LogP) is 24.7. The first-order valence-electron chi connectivity index (χ1n) is 32.8. The molecule has 0 radical (unpaired) electrons. The average Bonchev–Trinajstić information content (AvgIpc) is 1.62. The van der Waals surface area contributed by atoms with Gasteiger partial charge in [0.15, 0.2) is 0 Å². The second-order valence-corrected chi connectivity index (χ2v) is 24.6. The van der Waals surface area contributed by atoms with Gasteiger partial charge < -0.3 is 9.97 Å². The average molecular weight is 1220 g/mol. The molecule has 0 spiro atoms. The maximum Gasteiger partial charge on any atom is 0.0737 e. The van der Waals surface area contributed by atoms with Gasteiger partial charge in [0.25, 0.3) is 0 Å². The highest BCUT2D eigenvalue weighted by molar-refractivity contribution is 6.01. The lowest BCUT2D eigenvalue weighted by atomic mass is 9.97. The van der Waals surface area contributed by atoms with Crippen molar-refractivity contribution in [2.75, 3.05) is 0 Å². The molecule has 450 valence electrons. The van der Waals surface area contributed by atoms with Crippen LogP contribution < -0.4 is 0 Å². The minimum absolute atomic E-state index is 0.852. The Morgan fingerprint density at radius 1 is 0.135 bits per heavy atom. The molecule has 17 rings (SSSR count). The van der Waals surface area contributed by atoms with Crippen LogP contribution in [0.25, 0.3) is 180 Å². The second kappa shape index (κ2) is 25.0. The largest absolute Gasteiger partial charge is 0.354 e. The molecule has 0 unspecified atom stereocenters. The van der Waals surface area contributed by atoms with Crippen LogP contribution >= 0.6 is 0 Å². The van der Waals surface area contributed by atoms with E-state index in [0.29, 0.717) is 0 Å². The van der Waals surface area contributed by atoms with Crippen LogP contribution in [0.4, 0.5) is 0 Å². The van der Waals surface area contributed by atoms with E-state index >= 15 is 0 Å². The molecule has 8 bridgehead atoms. The van der Waals surface area contributed by atoms with Crippen molar-refractivity contribution in [2.45, 2.75) is 0 Å². The molecule has 0 amide bonds. The molecule has 3 aromatic heterocycles. The molecule has 0 fully saturated rings. The van der Waals surface area contributed by atoms with Crippen LogP contribution in [0.1, 0.15) is 22.8 Å². The smallest absolute Gasteiger partial charge is 0.0737 e. The monoisotopic (exact) mass is 1220 g/mol. The van der Waals surface area contributed by atoms with Crippen molar-refractivity contribution < 1.29 is 0 Å². The number of aromatic amines is 2. The van der Waals surface area contributed by atoms with Crippen molar-refractivity contribution in [1.82, 2.24) is 19.9 Å². The molecule has 2 aliphatic heterocycles. The number of nitrogens with one attached hydrogen (secondary N) is 2. The van der Waals surface area contributed by atoms with E-state index < -0.39 is 0 Å². The van der Waals surface area contributed by atoms with Crippen molar-refractivity contribution in [1.29, 1.82) is 0 Å². The number of fused-ring (bicyclic) bond motifs is 8. The summed E-state index contributed by atoms with van der Waals surface area (Å²) in [5, 5.41) is 0. The fraction of sp³-hybridized carbons (Fsp3) is 0. The van der Waals surface area contributed by atoms with Crippen LogP contribution in [-0.4, -0.2) is 19.9 Å². The van der Waals surface area contributed by atoms with Gasteiger partial charge in [0.1, 0.15) is 0 Å². The van der Waals surface area contributed by atoms with Gasteiger partial charge >= 0.3 is 0 Å². The molecule has 0 aliphatic carbocycles. The number of nitrogens with zero attached hydrogens (tertiary/aromatic N) is 2. The third-order valence-electron chi connectivity index (χ3n) is 18.7. The van der Waals surface area contributed by atoms with Crippen LogP contribution in [0.3, 0.4) is 0 Å². The zero-order chi connectivity index (χ0) is 63.7. The number of hydrogen-bond donors (Lipinski definition) is 2. The Hall–Kier alpha value is -12.8. The van der Waals surface area contributed by atoms with Crippen molar-refractivity contribution in [3.8, 4) is 134 Å². The predicted molar refractivity (Wildman–Crippen MR) is 404 cm³/mol. The molecule has 5 heterocycles. The van der Waals surface area contributed by atoms with Gasteiger partial charge in [-0.1, -0.05) is 315 Å². The highest BCUT2D eigenvalue weighted by atomic mass is 14.8. The third kappa shape index (κ3) is 11.3. The molecule has 0 saturated carbocycles. The lowest BCUT2D eigenvalue weighted by Gasteiger charge is -2.10. The molecule has 0 atom stereocenters. The Labute approximate surface area is 558 Å². The summed E-state index contributed by atoms with van der Waals surface area (Å²) in [6, 6.07) is 122. The number of H-pyrrole nitrogens is 2. The zero-order valence-electron chi connectivity index (χ0n) is 52.5. The summed E-state index contributed by atoms with van der Waals surface area (Å²) in [6.45, 7) is 0. The third-order valence-corrected chi connectivity index (χ3v) is 18.7. The quantitative estimate of drug-likeness (QED) is 0.128. The lowest BCUT2D eigenvalue weighted by molar-refractivity contribution is 1.31. The van der Waals surface area contributed by atoms with Crippen molar-refractivity contribution in [3.63, 3.8) is 0 Å². The molecule has 4 heteroatoms. The Balaban J connectivity index is 0.846. The molecule has 12 aromatic carbocycles. The summed E-state index contributed by atoms with van der Waals surface area (Å²) in [4.78, 5) is 19.4. The molecule has 96 heavy (non-hydrogen) atoms. The Morgan fingerprint density at radius 3 is 0.427 bits per heavy atom. The zero-order valence-corrected chi connectivity index (χ0v) is 52.5. The van der Waals surface area contributed by atoms with Crippen molar-refractivity contribution in [3.05, 3.63) is 362 Å². The minimum Gasteiger partial charge on any atom is -0.354 e. The fourth-order valence-corrected chi connectivity index (χ4v) is 13.7. The van der Waals surface area contributed by atoms with Crippen LogP contribution in [0, 0.1) is 0 Å². The van der Waals surface area contributed by atoms with Gasteiger partial charge in [0.2, 0.25) is 0 Å². The van der Waals surface area contributed by atoms with Gasteiger partial charge in [0, 0.05) is 44.3 Å². The maximum atomic E-state index is 5.71. The summed E-state index contributed by atoms with van der Waals surface area (Å²) in [5.41, 5.74) is 34.0. The number of hydrogen-bond acceptors (Lipinski definition) is 2. The van der Waals surface area contributed by atoms with Gasteiger partial charge in [-0.25, -0.2) is 9.97 Å². The summed E-state index contributed by atoms with van der Waals surface area (Å²) < 4.78 is 0. The summed E-state index contributed by atoms with van der Waals surface area (Å²) in [7, 11) is 0. The normalized spacial score (nSPS) is 11.7. The second-order valence-electron chi connectivity index (χ2n) is 24.6.